The van der Waals surface area contributed by atoms with Crippen LogP contribution in [0.5, 0.6) is 11.5 Å². The van der Waals surface area contributed by atoms with Crippen LogP contribution in [0.1, 0.15) is 23.5 Å². The van der Waals surface area contributed by atoms with Crippen LogP contribution in [0.3, 0.4) is 0 Å². The largest absolute Gasteiger partial charge is 0.490 e. The maximum atomic E-state index is 5.96. The summed E-state index contributed by atoms with van der Waals surface area (Å²) in [5.74, 6) is 2.03. The third-order valence-corrected chi connectivity index (χ3v) is 3.85. The Bertz CT molecular complexity index is 583. The Morgan fingerprint density at radius 3 is 2.48 bits per heavy atom. The van der Waals surface area contributed by atoms with Crippen LogP contribution < -0.4 is 15.2 Å². The van der Waals surface area contributed by atoms with Gasteiger partial charge in [0.15, 0.2) is 11.5 Å². The average molecular weight is 283 g/mol. The molecular weight excluding hydrogens is 262 g/mol. The van der Waals surface area contributed by atoms with Gasteiger partial charge in [0.2, 0.25) is 0 Å². The fraction of sp³-hybridized carbons (Fsp3) is 0.333. The summed E-state index contributed by atoms with van der Waals surface area (Å²) in [4.78, 5) is 0. The van der Waals surface area contributed by atoms with Crippen molar-refractivity contribution >= 4 is 0 Å². The fourth-order valence-corrected chi connectivity index (χ4v) is 2.68. The maximum absolute atomic E-state index is 5.96. The zero-order valence-electron chi connectivity index (χ0n) is 12.1. The van der Waals surface area contributed by atoms with E-state index in [1.165, 1.54) is 11.1 Å². The molecule has 0 bridgehead atoms. The third kappa shape index (κ3) is 3.37. The first-order valence-electron chi connectivity index (χ1n) is 7.50. The first-order chi connectivity index (χ1) is 10.4. The Balaban J connectivity index is 1.79. The van der Waals surface area contributed by atoms with Gasteiger partial charge in [-0.1, -0.05) is 36.4 Å². The summed E-state index contributed by atoms with van der Waals surface area (Å²) in [5, 5.41) is 0. The van der Waals surface area contributed by atoms with Crippen molar-refractivity contribution in [2.45, 2.75) is 18.8 Å². The number of rotatable bonds is 4. The smallest absolute Gasteiger partial charge is 0.161 e. The molecule has 0 saturated heterocycles. The van der Waals surface area contributed by atoms with Gasteiger partial charge in [-0.25, -0.2) is 0 Å². The number of benzene rings is 2. The van der Waals surface area contributed by atoms with Crippen molar-refractivity contribution in [3.05, 3.63) is 59.7 Å². The molecule has 0 fully saturated rings. The van der Waals surface area contributed by atoms with Gasteiger partial charge in [0, 0.05) is 12.3 Å². The van der Waals surface area contributed by atoms with E-state index in [2.05, 4.69) is 36.4 Å². The molecule has 2 aromatic carbocycles. The van der Waals surface area contributed by atoms with Gasteiger partial charge in [-0.15, -0.1) is 0 Å². The molecule has 1 aliphatic rings. The predicted molar refractivity (Wildman–Crippen MR) is 84.0 cm³/mol. The quantitative estimate of drug-likeness (QED) is 0.937. The molecular formula is C18H21NO2. The molecule has 1 aliphatic heterocycles. The lowest BCUT2D eigenvalue weighted by molar-refractivity contribution is 0.297. The molecule has 110 valence electrons. The molecule has 0 saturated carbocycles. The van der Waals surface area contributed by atoms with Gasteiger partial charge in [-0.2, -0.15) is 0 Å². The molecule has 0 spiro atoms. The summed E-state index contributed by atoms with van der Waals surface area (Å²) in [5.41, 5.74) is 8.48. The zero-order chi connectivity index (χ0) is 14.5. The van der Waals surface area contributed by atoms with Crippen molar-refractivity contribution in [2.24, 2.45) is 5.73 Å². The first-order valence-corrected chi connectivity index (χ1v) is 7.50. The number of nitrogens with two attached hydrogens (primary N) is 1. The highest BCUT2D eigenvalue weighted by molar-refractivity contribution is 5.44. The molecule has 3 rings (SSSR count). The monoisotopic (exact) mass is 283 g/mol. The predicted octanol–water partition coefficient (Wildman–Crippen LogP) is 3.13. The van der Waals surface area contributed by atoms with E-state index in [4.69, 9.17) is 15.2 Å². The minimum Gasteiger partial charge on any atom is -0.490 e. The van der Waals surface area contributed by atoms with Gasteiger partial charge in [0.25, 0.3) is 0 Å². The molecule has 1 heterocycles. The zero-order valence-corrected chi connectivity index (χ0v) is 12.1. The Morgan fingerprint density at radius 1 is 0.952 bits per heavy atom. The van der Waals surface area contributed by atoms with Gasteiger partial charge >= 0.3 is 0 Å². The van der Waals surface area contributed by atoms with E-state index in [1.54, 1.807) is 0 Å². The topological polar surface area (TPSA) is 44.5 Å². The molecule has 1 atom stereocenters. The first kappa shape index (κ1) is 14.0. The third-order valence-electron chi connectivity index (χ3n) is 3.85. The van der Waals surface area contributed by atoms with Gasteiger partial charge in [0.1, 0.15) is 0 Å². The Kier molecular flexibility index (Phi) is 4.41. The number of fused-ring (bicyclic) bond motifs is 1. The Morgan fingerprint density at radius 2 is 1.71 bits per heavy atom. The normalized spacial score (nSPS) is 15.3. The molecule has 0 radical (unpaired) electrons. The van der Waals surface area contributed by atoms with Crippen LogP contribution in [0.4, 0.5) is 0 Å². The lowest BCUT2D eigenvalue weighted by atomic mass is 9.92. The molecule has 3 heteroatoms. The summed E-state index contributed by atoms with van der Waals surface area (Å²) in [6.07, 6.45) is 1.84. The van der Waals surface area contributed by atoms with Crippen LogP contribution in [0.25, 0.3) is 0 Å². The number of ether oxygens (including phenoxy) is 2. The highest BCUT2D eigenvalue weighted by Crippen LogP contribution is 2.32. The van der Waals surface area contributed by atoms with Crippen molar-refractivity contribution in [2.75, 3.05) is 19.8 Å². The lowest BCUT2D eigenvalue weighted by Gasteiger charge is -2.16. The van der Waals surface area contributed by atoms with Crippen LogP contribution in [0.2, 0.25) is 0 Å². The second kappa shape index (κ2) is 6.64. The van der Waals surface area contributed by atoms with Crippen LogP contribution in [-0.4, -0.2) is 19.8 Å². The molecule has 1 unspecified atom stereocenters. The molecule has 21 heavy (non-hydrogen) atoms. The average Bonchev–Trinajstić information content (AvgIpc) is 2.78. The molecule has 0 amide bonds. The van der Waals surface area contributed by atoms with E-state index >= 15 is 0 Å². The van der Waals surface area contributed by atoms with E-state index in [0.29, 0.717) is 12.5 Å². The number of hydrogen-bond acceptors (Lipinski definition) is 3. The second-order valence-electron chi connectivity index (χ2n) is 5.38. The van der Waals surface area contributed by atoms with Crippen molar-refractivity contribution in [3.63, 3.8) is 0 Å². The van der Waals surface area contributed by atoms with Gasteiger partial charge in [-0.3, -0.25) is 0 Å². The molecule has 3 nitrogen and oxygen atoms in total. The minimum atomic E-state index is 0.330. The maximum Gasteiger partial charge on any atom is 0.161 e. The molecule has 2 aromatic rings. The number of hydrogen-bond donors (Lipinski definition) is 1. The summed E-state index contributed by atoms with van der Waals surface area (Å²) in [6.45, 7) is 2.08. The highest BCUT2D eigenvalue weighted by Gasteiger charge is 2.14. The van der Waals surface area contributed by atoms with Crippen LogP contribution in [0.15, 0.2) is 48.5 Å². The summed E-state index contributed by atoms with van der Waals surface area (Å²) in [7, 11) is 0. The second-order valence-corrected chi connectivity index (χ2v) is 5.38. The van der Waals surface area contributed by atoms with E-state index in [0.717, 1.165) is 37.6 Å². The SMILES string of the molecule is NCC(Cc1ccc2c(c1)OCCCO2)c1ccccc1. The van der Waals surface area contributed by atoms with E-state index < -0.39 is 0 Å². The lowest BCUT2D eigenvalue weighted by Crippen LogP contribution is -2.15. The van der Waals surface area contributed by atoms with E-state index in [1.807, 2.05) is 12.1 Å². The standard InChI is InChI=1S/C18H21NO2/c19-13-16(15-5-2-1-3-6-15)11-14-7-8-17-18(12-14)21-10-4-9-20-17/h1-3,5-8,12,16H,4,9-11,13,19H2. The molecule has 0 aromatic heterocycles. The van der Waals surface area contributed by atoms with Gasteiger partial charge in [0.05, 0.1) is 13.2 Å². The summed E-state index contributed by atoms with van der Waals surface area (Å²) >= 11 is 0. The van der Waals surface area contributed by atoms with Crippen molar-refractivity contribution in [1.29, 1.82) is 0 Å². The highest BCUT2D eigenvalue weighted by atomic mass is 16.5. The van der Waals surface area contributed by atoms with E-state index in [9.17, 15) is 0 Å². The molecule has 0 aliphatic carbocycles. The van der Waals surface area contributed by atoms with Gasteiger partial charge < -0.3 is 15.2 Å². The minimum absolute atomic E-state index is 0.330. The van der Waals surface area contributed by atoms with Crippen molar-refractivity contribution in [3.8, 4) is 11.5 Å². The molecule has 2 N–H and O–H groups in total. The van der Waals surface area contributed by atoms with E-state index in [-0.39, 0.29) is 0 Å². The van der Waals surface area contributed by atoms with Crippen LogP contribution >= 0.6 is 0 Å². The van der Waals surface area contributed by atoms with Gasteiger partial charge in [-0.05, 0) is 36.2 Å². The van der Waals surface area contributed by atoms with Crippen LogP contribution in [0, 0.1) is 0 Å². The van der Waals surface area contributed by atoms with Crippen LogP contribution in [-0.2, 0) is 6.42 Å². The van der Waals surface area contributed by atoms with Crippen molar-refractivity contribution < 1.29 is 9.47 Å². The summed E-state index contributed by atoms with van der Waals surface area (Å²) in [6, 6.07) is 16.6. The fourth-order valence-electron chi connectivity index (χ4n) is 2.68. The Labute approximate surface area is 125 Å². The summed E-state index contributed by atoms with van der Waals surface area (Å²) < 4.78 is 11.4. The Hall–Kier alpha value is -2.00. The van der Waals surface area contributed by atoms with Crippen molar-refractivity contribution in [1.82, 2.24) is 0 Å².